The lowest BCUT2D eigenvalue weighted by Crippen LogP contribution is -2.47. The van der Waals surface area contributed by atoms with E-state index in [4.69, 9.17) is 9.47 Å². The van der Waals surface area contributed by atoms with Crippen molar-refractivity contribution < 1.29 is 23.0 Å². The van der Waals surface area contributed by atoms with Crippen LogP contribution in [0.15, 0.2) is 60.7 Å². The lowest BCUT2D eigenvalue weighted by Gasteiger charge is -2.39. The molecule has 0 radical (unpaired) electrons. The maximum Gasteiger partial charge on any atom is 0.332 e. The highest BCUT2D eigenvalue weighted by atomic mass is 19.1. The first-order valence-electron chi connectivity index (χ1n) is 10.9. The Morgan fingerprint density at radius 1 is 0.938 bits per heavy atom. The number of carbonyl (C=O) groups is 1. The number of rotatable bonds is 10. The van der Waals surface area contributed by atoms with E-state index in [0.717, 1.165) is 43.9 Å². The van der Waals surface area contributed by atoms with Crippen LogP contribution < -0.4 is 0 Å². The highest BCUT2D eigenvalue weighted by molar-refractivity contribution is 5.70. The van der Waals surface area contributed by atoms with Crippen molar-refractivity contribution in [3.05, 3.63) is 83.4 Å². The van der Waals surface area contributed by atoms with Crippen molar-refractivity contribution in [3.63, 3.8) is 0 Å². The summed E-state index contributed by atoms with van der Waals surface area (Å²) in [6.07, 6.45) is 3.95. The fourth-order valence-electron chi connectivity index (χ4n) is 3.81. The van der Waals surface area contributed by atoms with Gasteiger partial charge in [0.05, 0.1) is 19.3 Å². The van der Waals surface area contributed by atoms with Gasteiger partial charge in [-0.3, -0.25) is 9.80 Å². The third-order valence-electron chi connectivity index (χ3n) is 5.41. The Morgan fingerprint density at radius 2 is 1.50 bits per heavy atom. The highest BCUT2D eigenvalue weighted by Gasteiger charge is 2.26. The molecule has 1 fully saturated rings. The van der Waals surface area contributed by atoms with Gasteiger partial charge in [0.15, 0.2) is 0 Å². The van der Waals surface area contributed by atoms with E-state index in [9.17, 15) is 13.6 Å². The number of piperazine rings is 1. The highest BCUT2D eigenvalue weighted by Crippen LogP contribution is 2.30. The van der Waals surface area contributed by atoms with E-state index in [-0.39, 0.29) is 30.3 Å². The SMILES string of the molecule is CCOC(=O)COC/C=C\CN1CCN(C(c2ccc(F)cc2)c2ccc(F)cc2)CC1. The summed E-state index contributed by atoms with van der Waals surface area (Å²) in [5.74, 6) is -0.891. The van der Waals surface area contributed by atoms with Gasteiger partial charge in [-0.05, 0) is 42.3 Å². The van der Waals surface area contributed by atoms with Crippen LogP contribution in [0.25, 0.3) is 0 Å². The third kappa shape index (κ3) is 7.22. The van der Waals surface area contributed by atoms with Gasteiger partial charge in [-0.1, -0.05) is 36.4 Å². The average Bonchev–Trinajstić information content (AvgIpc) is 2.80. The van der Waals surface area contributed by atoms with Gasteiger partial charge in [-0.25, -0.2) is 13.6 Å². The van der Waals surface area contributed by atoms with Crippen LogP contribution in [0, 0.1) is 11.6 Å². The van der Waals surface area contributed by atoms with Crippen LogP contribution in [0.4, 0.5) is 8.78 Å². The van der Waals surface area contributed by atoms with Gasteiger partial charge in [-0.2, -0.15) is 0 Å². The van der Waals surface area contributed by atoms with E-state index in [0.29, 0.717) is 13.2 Å². The van der Waals surface area contributed by atoms with E-state index in [2.05, 4.69) is 9.80 Å². The quantitative estimate of drug-likeness (QED) is 0.317. The molecule has 7 heteroatoms. The summed E-state index contributed by atoms with van der Waals surface area (Å²) >= 11 is 0. The number of benzene rings is 2. The monoisotopic (exact) mass is 444 g/mol. The second-order valence-corrected chi connectivity index (χ2v) is 7.63. The van der Waals surface area contributed by atoms with Crippen molar-refractivity contribution in [2.45, 2.75) is 13.0 Å². The van der Waals surface area contributed by atoms with E-state index >= 15 is 0 Å². The zero-order valence-electron chi connectivity index (χ0n) is 18.4. The number of esters is 1. The Labute approximate surface area is 188 Å². The molecule has 32 heavy (non-hydrogen) atoms. The summed E-state index contributed by atoms with van der Waals surface area (Å²) in [6.45, 7) is 6.70. The molecule has 0 spiro atoms. The minimum absolute atomic E-state index is 0.0367. The van der Waals surface area contributed by atoms with E-state index in [1.54, 1.807) is 31.2 Å². The van der Waals surface area contributed by atoms with Crippen LogP contribution in [-0.4, -0.2) is 68.3 Å². The van der Waals surface area contributed by atoms with E-state index < -0.39 is 0 Å². The lowest BCUT2D eigenvalue weighted by atomic mass is 9.96. The van der Waals surface area contributed by atoms with Gasteiger partial charge in [0.1, 0.15) is 18.2 Å². The number of hydrogen-bond donors (Lipinski definition) is 0. The van der Waals surface area contributed by atoms with Crippen LogP contribution in [0.1, 0.15) is 24.1 Å². The number of carbonyl (C=O) groups excluding carboxylic acids is 1. The summed E-state index contributed by atoms with van der Waals surface area (Å²) in [7, 11) is 0. The summed E-state index contributed by atoms with van der Waals surface area (Å²) in [5, 5.41) is 0. The van der Waals surface area contributed by atoms with E-state index in [1.165, 1.54) is 24.3 Å². The van der Waals surface area contributed by atoms with Crippen LogP contribution in [0.3, 0.4) is 0 Å². The second kappa shape index (κ2) is 12.4. The lowest BCUT2D eigenvalue weighted by molar-refractivity contribution is -0.147. The number of halogens is 2. The van der Waals surface area contributed by atoms with Crippen LogP contribution in [0.2, 0.25) is 0 Å². The molecule has 0 saturated carbocycles. The molecule has 2 aromatic carbocycles. The molecule has 0 bridgehead atoms. The molecular weight excluding hydrogens is 414 g/mol. The van der Waals surface area contributed by atoms with Crippen molar-refractivity contribution in [2.24, 2.45) is 0 Å². The fourth-order valence-corrected chi connectivity index (χ4v) is 3.81. The molecule has 1 heterocycles. The minimum Gasteiger partial charge on any atom is -0.464 e. The summed E-state index contributed by atoms with van der Waals surface area (Å²) in [4.78, 5) is 15.9. The maximum absolute atomic E-state index is 13.5. The molecule has 1 aliphatic rings. The topological polar surface area (TPSA) is 42.0 Å². The zero-order chi connectivity index (χ0) is 22.8. The summed E-state index contributed by atoms with van der Waals surface area (Å²) < 4.78 is 37.0. The molecule has 5 nitrogen and oxygen atoms in total. The molecule has 0 aliphatic carbocycles. The van der Waals surface area contributed by atoms with Gasteiger partial charge in [0, 0.05) is 32.7 Å². The molecule has 0 amide bonds. The number of hydrogen-bond acceptors (Lipinski definition) is 5. The first-order valence-corrected chi connectivity index (χ1v) is 10.9. The van der Waals surface area contributed by atoms with Crippen molar-refractivity contribution in [1.82, 2.24) is 9.80 Å². The van der Waals surface area contributed by atoms with Gasteiger partial charge in [0.2, 0.25) is 0 Å². The molecule has 172 valence electrons. The maximum atomic E-state index is 13.5. The molecule has 1 saturated heterocycles. The second-order valence-electron chi connectivity index (χ2n) is 7.63. The van der Waals surface area contributed by atoms with Crippen molar-refractivity contribution in [1.29, 1.82) is 0 Å². The predicted molar refractivity (Wildman–Crippen MR) is 119 cm³/mol. The van der Waals surface area contributed by atoms with Crippen molar-refractivity contribution in [2.75, 3.05) is 52.5 Å². The number of ether oxygens (including phenoxy) is 2. The van der Waals surface area contributed by atoms with Crippen LogP contribution in [0.5, 0.6) is 0 Å². The Bertz CT molecular complexity index is 818. The zero-order valence-corrected chi connectivity index (χ0v) is 18.4. The molecule has 0 N–H and O–H groups in total. The van der Waals surface area contributed by atoms with Gasteiger partial charge < -0.3 is 9.47 Å². The first kappa shape index (κ1) is 24.0. The first-order chi connectivity index (χ1) is 15.6. The Balaban J connectivity index is 1.53. The van der Waals surface area contributed by atoms with Crippen molar-refractivity contribution in [3.8, 4) is 0 Å². The standard InChI is InChI=1S/C25H30F2N2O3/c1-2-32-24(30)19-31-18-4-3-13-28-14-16-29(17-15-28)25(20-5-9-22(26)10-6-20)21-7-11-23(27)12-8-21/h3-12,25H,2,13-19H2,1H3/b4-3-. The Hall–Kier alpha value is -2.61. The summed E-state index contributed by atoms with van der Waals surface area (Å²) in [5.41, 5.74) is 1.98. The van der Waals surface area contributed by atoms with E-state index in [1.807, 2.05) is 12.2 Å². The molecule has 0 aromatic heterocycles. The third-order valence-corrected chi connectivity index (χ3v) is 5.41. The molecule has 0 unspecified atom stereocenters. The molecule has 3 rings (SSSR count). The molecule has 1 aliphatic heterocycles. The van der Waals surface area contributed by atoms with Gasteiger partial charge >= 0.3 is 5.97 Å². The van der Waals surface area contributed by atoms with Crippen LogP contribution >= 0.6 is 0 Å². The number of nitrogens with zero attached hydrogens (tertiary/aromatic N) is 2. The van der Waals surface area contributed by atoms with Gasteiger partial charge in [0.25, 0.3) is 0 Å². The average molecular weight is 445 g/mol. The minimum atomic E-state index is -0.353. The largest absolute Gasteiger partial charge is 0.464 e. The normalized spacial score (nSPS) is 15.5. The van der Waals surface area contributed by atoms with Crippen LogP contribution in [-0.2, 0) is 14.3 Å². The molecule has 0 atom stereocenters. The van der Waals surface area contributed by atoms with Gasteiger partial charge in [-0.15, -0.1) is 0 Å². The predicted octanol–water partition coefficient (Wildman–Crippen LogP) is 3.81. The molecular formula is C25H30F2N2O3. The Kier molecular flexibility index (Phi) is 9.34. The molecule has 2 aromatic rings. The fraction of sp³-hybridized carbons (Fsp3) is 0.400. The summed E-state index contributed by atoms with van der Waals surface area (Å²) in [6, 6.07) is 13.0. The smallest absolute Gasteiger partial charge is 0.332 e. The van der Waals surface area contributed by atoms with Crippen molar-refractivity contribution >= 4 is 5.97 Å². The Morgan fingerprint density at radius 3 is 2.03 bits per heavy atom.